The molecule has 1 aromatic carbocycles. The summed E-state index contributed by atoms with van der Waals surface area (Å²) in [6.45, 7) is 2.56. The first-order chi connectivity index (χ1) is 7.35. The molecule has 15 heavy (non-hydrogen) atoms. The molecule has 0 atom stereocenters. The van der Waals surface area contributed by atoms with E-state index in [-0.39, 0.29) is 0 Å². The van der Waals surface area contributed by atoms with Crippen molar-refractivity contribution in [1.82, 2.24) is 4.98 Å². The highest BCUT2D eigenvalue weighted by molar-refractivity contribution is 5.88. The molecule has 2 aromatic rings. The van der Waals surface area contributed by atoms with Crippen molar-refractivity contribution in [3.63, 3.8) is 0 Å². The maximum absolute atomic E-state index is 8.93. The van der Waals surface area contributed by atoms with Crippen molar-refractivity contribution in [1.29, 1.82) is 5.26 Å². The Labute approximate surface area is 87.9 Å². The largest absolute Gasteiger partial charge is 0.494 e. The minimum absolute atomic E-state index is 0.578. The quantitative estimate of drug-likeness (QED) is 0.744. The second kappa shape index (κ2) is 3.97. The van der Waals surface area contributed by atoms with Gasteiger partial charge in [-0.05, 0) is 25.1 Å². The fourth-order valence-corrected chi connectivity index (χ4v) is 1.49. The third kappa shape index (κ3) is 1.75. The molecule has 0 aliphatic rings. The molecule has 1 heterocycles. The van der Waals surface area contributed by atoms with Gasteiger partial charge in [0.2, 0.25) is 0 Å². The third-order valence-corrected chi connectivity index (χ3v) is 2.16. The molecule has 0 spiro atoms. The Kier molecular flexibility index (Phi) is 2.51. The number of pyridine rings is 1. The van der Waals surface area contributed by atoms with Gasteiger partial charge in [-0.15, -0.1) is 0 Å². The van der Waals surface area contributed by atoms with Crippen molar-refractivity contribution in [3.8, 4) is 11.8 Å². The van der Waals surface area contributed by atoms with Gasteiger partial charge >= 0.3 is 0 Å². The lowest BCUT2D eigenvalue weighted by Crippen LogP contribution is -1.91. The Morgan fingerprint density at radius 1 is 1.40 bits per heavy atom. The second-order valence-corrected chi connectivity index (χ2v) is 3.11. The fraction of sp³-hybridized carbons (Fsp3) is 0.167. The Morgan fingerprint density at radius 3 is 3.00 bits per heavy atom. The molecule has 3 nitrogen and oxygen atoms in total. The maximum atomic E-state index is 8.93. The number of nitrogens with zero attached hydrogens (tertiary/aromatic N) is 2. The lowest BCUT2D eigenvalue weighted by molar-refractivity contribution is 0.341. The predicted molar refractivity (Wildman–Crippen MR) is 57.6 cm³/mol. The van der Waals surface area contributed by atoms with Crippen molar-refractivity contribution in [2.24, 2.45) is 0 Å². The Morgan fingerprint density at radius 2 is 2.27 bits per heavy atom. The molecule has 0 amide bonds. The van der Waals surface area contributed by atoms with E-state index in [1.165, 1.54) is 0 Å². The summed E-state index contributed by atoms with van der Waals surface area (Å²) in [7, 11) is 0. The van der Waals surface area contributed by atoms with Crippen LogP contribution in [0.5, 0.6) is 5.75 Å². The maximum Gasteiger partial charge on any atom is 0.119 e. The van der Waals surface area contributed by atoms with Gasteiger partial charge in [0.25, 0.3) is 0 Å². The smallest absolute Gasteiger partial charge is 0.119 e. The number of hydrogen-bond donors (Lipinski definition) is 0. The summed E-state index contributed by atoms with van der Waals surface area (Å²) in [6.07, 6.45) is 3.31. The number of nitriles is 1. The molecule has 0 saturated heterocycles. The van der Waals surface area contributed by atoms with Crippen LogP contribution in [0, 0.1) is 11.3 Å². The van der Waals surface area contributed by atoms with Gasteiger partial charge in [-0.25, -0.2) is 0 Å². The first kappa shape index (κ1) is 9.47. The molecule has 0 N–H and O–H groups in total. The number of benzene rings is 1. The summed E-state index contributed by atoms with van der Waals surface area (Å²) in [5.41, 5.74) is 0.578. The van der Waals surface area contributed by atoms with Gasteiger partial charge in [-0.3, -0.25) is 4.98 Å². The number of rotatable bonds is 2. The fourth-order valence-electron chi connectivity index (χ4n) is 1.49. The van der Waals surface area contributed by atoms with E-state index in [0.29, 0.717) is 12.2 Å². The highest BCUT2D eigenvalue weighted by Crippen LogP contribution is 2.22. The normalized spacial score (nSPS) is 9.87. The van der Waals surface area contributed by atoms with Crippen LogP contribution in [0.1, 0.15) is 12.5 Å². The first-order valence-electron chi connectivity index (χ1n) is 4.76. The molecule has 74 valence electrons. The van der Waals surface area contributed by atoms with E-state index in [0.717, 1.165) is 16.5 Å². The average Bonchev–Trinajstić information content (AvgIpc) is 2.28. The molecular weight excluding hydrogens is 188 g/mol. The minimum Gasteiger partial charge on any atom is -0.494 e. The molecule has 0 saturated carbocycles. The van der Waals surface area contributed by atoms with Crippen molar-refractivity contribution in [2.45, 2.75) is 6.92 Å². The van der Waals surface area contributed by atoms with E-state index in [9.17, 15) is 0 Å². The van der Waals surface area contributed by atoms with Crippen LogP contribution in [0.25, 0.3) is 10.8 Å². The molecule has 0 aliphatic heterocycles. The second-order valence-electron chi connectivity index (χ2n) is 3.11. The number of aromatic nitrogens is 1. The van der Waals surface area contributed by atoms with Crippen LogP contribution in [-0.4, -0.2) is 11.6 Å². The van der Waals surface area contributed by atoms with Crippen LogP contribution < -0.4 is 4.74 Å². The number of hydrogen-bond acceptors (Lipinski definition) is 3. The highest BCUT2D eigenvalue weighted by Gasteiger charge is 2.02. The third-order valence-electron chi connectivity index (χ3n) is 2.16. The minimum atomic E-state index is 0.578. The molecular formula is C12H10N2O. The van der Waals surface area contributed by atoms with E-state index in [2.05, 4.69) is 11.1 Å². The monoisotopic (exact) mass is 198 g/mol. The Bertz CT molecular complexity index is 529. The Hall–Kier alpha value is -2.08. The summed E-state index contributed by atoms with van der Waals surface area (Å²) >= 11 is 0. The molecule has 0 bridgehead atoms. The summed E-state index contributed by atoms with van der Waals surface area (Å²) in [5, 5.41) is 10.8. The van der Waals surface area contributed by atoms with Crippen LogP contribution in [0.2, 0.25) is 0 Å². The zero-order valence-corrected chi connectivity index (χ0v) is 8.40. The van der Waals surface area contributed by atoms with Crippen LogP contribution >= 0.6 is 0 Å². The summed E-state index contributed by atoms with van der Waals surface area (Å²) in [5.74, 6) is 0.785. The van der Waals surface area contributed by atoms with Gasteiger partial charge in [-0.1, -0.05) is 0 Å². The predicted octanol–water partition coefficient (Wildman–Crippen LogP) is 2.51. The molecule has 3 heteroatoms. The van der Waals surface area contributed by atoms with E-state index in [4.69, 9.17) is 10.00 Å². The molecule has 0 radical (unpaired) electrons. The highest BCUT2D eigenvalue weighted by atomic mass is 16.5. The molecule has 1 aromatic heterocycles. The van der Waals surface area contributed by atoms with Gasteiger partial charge in [0.1, 0.15) is 11.8 Å². The zero-order chi connectivity index (χ0) is 10.7. The van der Waals surface area contributed by atoms with E-state index < -0.39 is 0 Å². The average molecular weight is 198 g/mol. The molecule has 0 unspecified atom stereocenters. The Balaban J connectivity index is 2.63. The topological polar surface area (TPSA) is 45.9 Å². The van der Waals surface area contributed by atoms with E-state index >= 15 is 0 Å². The van der Waals surface area contributed by atoms with Crippen molar-refractivity contribution in [3.05, 3.63) is 36.2 Å². The van der Waals surface area contributed by atoms with E-state index in [1.807, 2.05) is 25.1 Å². The van der Waals surface area contributed by atoms with Gasteiger partial charge in [0, 0.05) is 23.2 Å². The van der Waals surface area contributed by atoms with Gasteiger partial charge in [0.05, 0.1) is 12.2 Å². The van der Waals surface area contributed by atoms with Crippen LogP contribution in [0.3, 0.4) is 0 Å². The van der Waals surface area contributed by atoms with Gasteiger partial charge in [0.15, 0.2) is 0 Å². The van der Waals surface area contributed by atoms with Gasteiger partial charge in [-0.2, -0.15) is 5.26 Å². The molecule has 0 fully saturated rings. The molecule has 2 rings (SSSR count). The van der Waals surface area contributed by atoms with Gasteiger partial charge < -0.3 is 4.74 Å². The lowest BCUT2D eigenvalue weighted by atomic mass is 10.1. The van der Waals surface area contributed by atoms with E-state index in [1.54, 1.807) is 12.4 Å². The standard InChI is InChI=1S/C12H10N2O/c1-2-15-11-4-3-9-7-14-8-10(6-13)12(9)5-11/h3-5,7-8H,2H2,1H3. The van der Waals surface area contributed by atoms with Crippen molar-refractivity contribution in [2.75, 3.05) is 6.61 Å². The number of ether oxygens (including phenoxy) is 1. The number of fused-ring (bicyclic) bond motifs is 1. The zero-order valence-electron chi connectivity index (χ0n) is 8.40. The first-order valence-corrected chi connectivity index (χ1v) is 4.76. The van der Waals surface area contributed by atoms with Crippen LogP contribution in [-0.2, 0) is 0 Å². The summed E-state index contributed by atoms with van der Waals surface area (Å²) in [4.78, 5) is 4.00. The lowest BCUT2D eigenvalue weighted by Gasteiger charge is -2.04. The SMILES string of the molecule is CCOc1ccc2cncc(C#N)c2c1. The molecule has 0 aliphatic carbocycles. The summed E-state index contributed by atoms with van der Waals surface area (Å²) < 4.78 is 5.38. The van der Waals surface area contributed by atoms with Crippen LogP contribution in [0.15, 0.2) is 30.6 Å². The summed E-state index contributed by atoms with van der Waals surface area (Å²) in [6, 6.07) is 7.79. The van der Waals surface area contributed by atoms with Crippen LogP contribution in [0.4, 0.5) is 0 Å². The van der Waals surface area contributed by atoms with Crippen molar-refractivity contribution >= 4 is 10.8 Å². The van der Waals surface area contributed by atoms with Crippen molar-refractivity contribution < 1.29 is 4.74 Å².